The number of aliphatic carboxylic acids is 1. The van der Waals surface area contributed by atoms with E-state index in [1.165, 1.54) is 7.11 Å². The Labute approximate surface area is 104 Å². The van der Waals surface area contributed by atoms with Crippen molar-refractivity contribution >= 4 is 17.8 Å². The molecule has 1 atom stereocenters. The van der Waals surface area contributed by atoms with Crippen LogP contribution in [-0.2, 0) is 23.9 Å². The molecule has 0 heterocycles. The summed E-state index contributed by atoms with van der Waals surface area (Å²) in [5, 5.41) is 11.1. The first-order chi connectivity index (χ1) is 8.51. The molecule has 0 aliphatic carbocycles. The second-order valence-electron chi connectivity index (χ2n) is 3.41. The van der Waals surface area contributed by atoms with Crippen LogP contribution < -0.4 is 11.1 Å². The SMILES string of the molecule is COC(=O)CC[C@@H](NC(=O)COCCN)C(=O)O. The number of rotatable bonds is 9. The minimum absolute atomic E-state index is 0.0371. The van der Waals surface area contributed by atoms with Gasteiger partial charge in [0.25, 0.3) is 0 Å². The summed E-state index contributed by atoms with van der Waals surface area (Å²) in [4.78, 5) is 33.0. The molecule has 0 bridgehead atoms. The Hall–Kier alpha value is -1.67. The number of nitrogens with two attached hydrogens (primary N) is 1. The van der Waals surface area contributed by atoms with Crippen LogP contribution >= 0.6 is 0 Å². The summed E-state index contributed by atoms with van der Waals surface area (Å²) in [5.74, 6) is -2.32. The van der Waals surface area contributed by atoms with E-state index in [1.807, 2.05) is 0 Å². The van der Waals surface area contributed by atoms with E-state index in [4.69, 9.17) is 15.6 Å². The van der Waals surface area contributed by atoms with Crippen molar-refractivity contribution in [3.8, 4) is 0 Å². The van der Waals surface area contributed by atoms with Crippen molar-refractivity contribution in [2.24, 2.45) is 5.73 Å². The minimum Gasteiger partial charge on any atom is -0.480 e. The van der Waals surface area contributed by atoms with Crippen molar-refractivity contribution in [3.63, 3.8) is 0 Å². The van der Waals surface area contributed by atoms with Crippen LogP contribution in [0.2, 0.25) is 0 Å². The smallest absolute Gasteiger partial charge is 0.326 e. The first kappa shape index (κ1) is 16.3. The number of amides is 1. The molecule has 8 nitrogen and oxygen atoms in total. The molecule has 18 heavy (non-hydrogen) atoms. The summed E-state index contributed by atoms with van der Waals surface area (Å²) in [7, 11) is 1.21. The number of methoxy groups -OCH3 is 1. The highest BCUT2D eigenvalue weighted by molar-refractivity contribution is 5.84. The third kappa shape index (κ3) is 7.58. The molecular weight excluding hydrogens is 244 g/mol. The van der Waals surface area contributed by atoms with Gasteiger partial charge in [0.05, 0.1) is 13.7 Å². The van der Waals surface area contributed by atoms with Gasteiger partial charge in [-0.25, -0.2) is 4.79 Å². The fraction of sp³-hybridized carbons (Fsp3) is 0.700. The Kier molecular flexibility index (Phi) is 8.50. The molecule has 104 valence electrons. The van der Waals surface area contributed by atoms with Gasteiger partial charge in [0.1, 0.15) is 12.6 Å². The molecule has 0 rings (SSSR count). The number of ether oxygens (including phenoxy) is 2. The number of carboxylic acid groups (broad SMARTS) is 1. The molecule has 0 saturated heterocycles. The zero-order valence-corrected chi connectivity index (χ0v) is 10.2. The van der Waals surface area contributed by atoms with Crippen molar-refractivity contribution in [3.05, 3.63) is 0 Å². The standard InChI is InChI=1S/C10H18N2O6/c1-17-9(14)3-2-7(10(15)16)12-8(13)6-18-5-4-11/h7H,2-6,11H2,1H3,(H,12,13)(H,15,16)/t7-/m1/s1. The monoisotopic (exact) mass is 262 g/mol. The first-order valence-corrected chi connectivity index (χ1v) is 5.38. The van der Waals surface area contributed by atoms with Gasteiger partial charge >= 0.3 is 11.9 Å². The topological polar surface area (TPSA) is 128 Å². The maximum atomic E-state index is 11.3. The molecule has 0 radical (unpaired) electrons. The van der Waals surface area contributed by atoms with E-state index in [0.717, 1.165) is 0 Å². The summed E-state index contributed by atoms with van der Waals surface area (Å²) >= 11 is 0. The first-order valence-electron chi connectivity index (χ1n) is 5.38. The normalized spacial score (nSPS) is 11.7. The Morgan fingerprint density at radius 2 is 2.06 bits per heavy atom. The summed E-state index contributed by atoms with van der Waals surface area (Å²) in [6.07, 6.45) is -0.123. The van der Waals surface area contributed by atoms with E-state index < -0.39 is 23.9 Å². The molecule has 0 aromatic carbocycles. The lowest BCUT2D eigenvalue weighted by Crippen LogP contribution is -2.42. The highest BCUT2D eigenvalue weighted by Gasteiger charge is 2.21. The molecule has 0 saturated carbocycles. The second-order valence-corrected chi connectivity index (χ2v) is 3.41. The largest absolute Gasteiger partial charge is 0.480 e. The lowest BCUT2D eigenvalue weighted by atomic mass is 10.1. The van der Waals surface area contributed by atoms with Gasteiger partial charge < -0.3 is 25.6 Å². The molecular formula is C10H18N2O6. The van der Waals surface area contributed by atoms with Gasteiger partial charge in [0.15, 0.2) is 0 Å². The Morgan fingerprint density at radius 1 is 1.39 bits per heavy atom. The maximum absolute atomic E-state index is 11.3. The molecule has 0 aromatic heterocycles. The average molecular weight is 262 g/mol. The Bertz CT molecular complexity index is 294. The molecule has 0 unspecified atom stereocenters. The number of carbonyl (C=O) groups is 3. The van der Waals surface area contributed by atoms with Crippen LogP contribution in [0.25, 0.3) is 0 Å². The van der Waals surface area contributed by atoms with Crippen LogP contribution in [0, 0.1) is 0 Å². The van der Waals surface area contributed by atoms with Crippen LogP contribution in [0.3, 0.4) is 0 Å². The number of carbonyl (C=O) groups excluding carboxylic acids is 2. The van der Waals surface area contributed by atoms with Gasteiger partial charge in [-0.2, -0.15) is 0 Å². The third-order valence-corrected chi connectivity index (χ3v) is 1.99. The molecule has 0 aliphatic heterocycles. The number of carboxylic acids is 1. The zero-order chi connectivity index (χ0) is 14.0. The van der Waals surface area contributed by atoms with E-state index in [-0.39, 0.29) is 32.6 Å². The predicted molar refractivity (Wildman–Crippen MR) is 60.7 cm³/mol. The molecule has 0 aliphatic rings. The molecule has 8 heteroatoms. The lowest BCUT2D eigenvalue weighted by Gasteiger charge is -2.13. The van der Waals surface area contributed by atoms with Gasteiger partial charge in [0.2, 0.25) is 5.91 Å². The maximum Gasteiger partial charge on any atom is 0.326 e. The quantitative estimate of drug-likeness (QED) is 0.340. The van der Waals surface area contributed by atoms with Crippen LogP contribution in [0.1, 0.15) is 12.8 Å². The summed E-state index contributed by atoms with van der Waals surface area (Å²) in [5.41, 5.74) is 5.16. The predicted octanol–water partition coefficient (Wildman–Crippen LogP) is -1.52. The van der Waals surface area contributed by atoms with E-state index in [2.05, 4.69) is 10.1 Å². The van der Waals surface area contributed by atoms with Gasteiger partial charge in [-0.1, -0.05) is 0 Å². The summed E-state index contributed by atoms with van der Waals surface area (Å²) < 4.78 is 9.23. The highest BCUT2D eigenvalue weighted by atomic mass is 16.5. The van der Waals surface area contributed by atoms with Gasteiger partial charge in [-0.15, -0.1) is 0 Å². The third-order valence-electron chi connectivity index (χ3n) is 1.99. The van der Waals surface area contributed by atoms with Crippen LogP contribution in [-0.4, -0.2) is 55.9 Å². The fourth-order valence-corrected chi connectivity index (χ4v) is 1.11. The molecule has 0 spiro atoms. The number of nitrogens with one attached hydrogen (secondary N) is 1. The summed E-state index contributed by atoms with van der Waals surface area (Å²) in [6, 6.07) is -1.14. The Balaban J connectivity index is 4.06. The molecule has 4 N–H and O–H groups in total. The summed E-state index contributed by atoms with van der Waals surface area (Å²) in [6.45, 7) is 0.227. The fourth-order valence-electron chi connectivity index (χ4n) is 1.11. The van der Waals surface area contributed by atoms with Crippen LogP contribution in [0.5, 0.6) is 0 Å². The van der Waals surface area contributed by atoms with Crippen LogP contribution in [0.15, 0.2) is 0 Å². The Morgan fingerprint density at radius 3 is 2.56 bits per heavy atom. The van der Waals surface area contributed by atoms with Gasteiger partial charge in [-0.3, -0.25) is 9.59 Å². The average Bonchev–Trinajstić information content (AvgIpc) is 2.33. The molecule has 0 aromatic rings. The molecule has 0 fully saturated rings. The second kappa shape index (κ2) is 9.37. The van der Waals surface area contributed by atoms with Crippen molar-refractivity contribution in [1.29, 1.82) is 0 Å². The van der Waals surface area contributed by atoms with Crippen molar-refractivity contribution in [2.75, 3.05) is 26.9 Å². The van der Waals surface area contributed by atoms with Gasteiger partial charge in [-0.05, 0) is 6.42 Å². The van der Waals surface area contributed by atoms with Crippen LogP contribution in [0.4, 0.5) is 0 Å². The number of esters is 1. The zero-order valence-electron chi connectivity index (χ0n) is 10.2. The van der Waals surface area contributed by atoms with Gasteiger partial charge in [0, 0.05) is 13.0 Å². The van der Waals surface area contributed by atoms with E-state index in [1.54, 1.807) is 0 Å². The molecule has 1 amide bonds. The number of hydrogen-bond acceptors (Lipinski definition) is 6. The van der Waals surface area contributed by atoms with Crippen molar-refractivity contribution < 1.29 is 29.0 Å². The van der Waals surface area contributed by atoms with E-state index in [0.29, 0.717) is 0 Å². The lowest BCUT2D eigenvalue weighted by molar-refractivity contribution is -0.144. The minimum atomic E-state index is -1.22. The van der Waals surface area contributed by atoms with Crippen molar-refractivity contribution in [1.82, 2.24) is 5.32 Å². The van der Waals surface area contributed by atoms with E-state index >= 15 is 0 Å². The van der Waals surface area contributed by atoms with Crippen molar-refractivity contribution in [2.45, 2.75) is 18.9 Å². The highest BCUT2D eigenvalue weighted by Crippen LogP contribution is 1.99. The van der Waals surface area contributed by atoms with E-state index in [9.17, 15) is 14.4 Å². The number of hydrogen-bond donors (Lipinski definition) is 3.